The van der Waals surface area contributed by atoms with Crippen molar-refractivity contribution < 1.29 is 14.3 Å². The highest BCUT2D eigenvalue weighted by atomic mass is 16.6. The third-order valence-electron chi connectivity index (χ3n) is 5.29. The van der Waals surface area contributed by atoms with Gasteiger partial charge in [-0.1, -0.05) is 24.3 Å². The van der Waals surface area contributed by atoms with Gasteiger partial charge in [0.15, 0.2) is 0 Å². The number of benzene rings is 1. The third kappa shape index (κ3) is 2.78. The molecule has 1 atom stereocenters. The molecule has 2 fully saturated rings. The predicted molar refractivity (Wildman–Crippen MR) is 91.0 cm³/mol. The number of carbonyl (C=O) groups is 1. The molecule has 2 aromatic rings. The van der Waals surface area contributed by atoms with Crippen LogP contribution in [0, 0.1) is 0 Å². The molecule has 5 heteroatoms. The smallest absolute Gasteiger partial charge is 0.272 e. The first-order valence-electron chi connectivity index (χ1n) is 8.51. The number of hydrogen-bond acceptors (Lipinski definition) is 4. The Balaban J connectivity index is 1.46. The Bertz CT molecular complexity index is 753. The molecule has 1 aromatic heterocycles. The van der Waals surface area contributed by atoms with Gasteiger partial charge < -0.3 is 14.4 Å². The van der Waals surface area contributed by atoms with E-state index in [0.717, 1.165) is 30.2 Å². The molecular weight excluding hydrogens is 304 g/mol. The van der Waals surface area contributed by atoms with Crippen LogP contribution < -0.4 is 0 Å². The number of rotatable bonds is 2. The summed E-state index contributed by atoms with van der Waals surface area (Å²) in [5, 5.41) is 1.05. The maximum Gasteiger partial charge on any atom is 0.272 e. The van der Waals surface area contributed by atoms with Crippen LogP contribution in [0.2, 0.25) is 0 Å². The fraction of sp³-hybridized carbons (Fsp3) is 0.474. The first-order valence-corrected chi connectivity index (χ1v) is 8.51. The summed E-state index contributed by atoms with van der Waals surface area (Å²) >= 11 is 0. The van der Waals surface area contributed by atoms with Gasteiger partial charge in [0.25, 0.3) is 5.91 Å². The molecule has 1 aromatic carbocycles. The monoisotopic (exact) mass is 326 g/mol. The number of ether oxygens (including phenoxy) is 2. The van der Waals surface area contributed by atoms with Crippen LogP contribution in [0.15, 0.2) is 36.4 Å². The topological polar surface area (TPSA) is 51.7 Å². The van der Waals surface area contributed by atoms with Crippen molar-refractivity contribution in [1.82, 2.24) is 9.88 Å². The van der Waals surface area contributed by atoms with Crippen molar-refractivity contribution >= 4 is 16.8 Å². The number of nitrogens with zero attached hydrogens (tertiary/aromatic N) is 2. The summed E-state index contributed by atoms with van der Waals surface area (Å²) in [5.41, 5.74) is 1.28. The average molecular weight is 326 g/mol. The standard InChI is InChI=1S/C19H22N2O3/c1-23-15-12-19(24-13-15)8-10-21(11-9-19)18(22)17-7-6-14-4-2-3-5-16(14)20-17/h2-7,15H,8-13H2,1H3/t15-/m0/s1. The van der Waals surface area contributed by atoms with E-state index in [2.05, 4.69) is 4.98 Å². The lowest BCUT2D eigenvalue weighted by Crippen LogP contribution is -2.46. The molecule has 1 spiro atoms. The minimum atomic E-state index is -0.103. The van der Waals surface area contributed by atoms with Crippen LogP contribution in [0.1, 0.15) is 29.8 Å². The summed E-state index contributed by atoms with van der Waals surface area (Å²) in [6.07, 6.45) is 2.85. The van der Waals surface area contributed by atoms with Crippen LogP contribution in [-0.2, 0) is 9.47 Å². The van der Waals surface area contributed by atoms with Crippen molar-refractivity contribution in [2.75, 3.05) is 26.8 Å². The van der Waals surface area contributed by atoms with Gasteiger partial charge in [-0.3, -0.25) is 4.79 Å². The third-order valence-corrected chi connectivity index (χ3v) is 5.29. The van der Waals surface area contributed by atoms with Crippen molar-refractivity contribution in [3.05, 3.63) is 42.1 Å². The molecule has 0 radical (unpaired) electrons. The Hall–Kier alpha value is -1.98. The summed E-state index contributed by atoms with van der Waals surface area (Å²) in [6.45, 7) is 2.09. The van der Waals surface area contributed by atoms with Gasteiger partial charge in [-0.05, 0) is 25.0 Å². The number of hydrogen-bond donors (Lipinski definition) is 0. The molecule has 2 saturated heterocycles. The molecule has 2 aliphatic rings. The summed E-state index contributed by atoms with van der Waals surface area (Å²) in [5.74, 6) is 0.0110. The summed E-state index contributed by atoms with van der Waals surface area (Å²) in [7, 11) is 1.73. The molecule has 0 unspecified atom stereocenters. The molecule has 2 aliphatic heterocycles. The molecule has 0 N–H and O–H groups in total. The maximum atomic E-state index is 12.8. The van der Waals surface area contributed by atoms with E-state index in [1.807, 2.05) is 41.3 Å². The zero-order chi connectivity index (χ0) is 16.6. The van der Waals surface area contributed by atoms with Crippen molar-refractivity contribution in [3.63, 3.8) is 0 Å². The largest absolute Gasteiger partial charge is 0.379 e. The molecule has 3 heterocycles. The highest BCUT2D eigenvalue weighted by Crippen LogP contribution is 2.37. The fourth-order valence-corrected chi connectivity index (χ4v) is 3.77. The van der Waals surface area contributed by atoms with E-state index in [-0.39, 0.29) is 17.6 Å². The number of pyridine rings is 1. The van der Waals surface area contributed by atoms with E-state index in [0.29, 0.717) is 25.4 Å². The van der Waals surface area contributed by atoms with Crippen LogP contribution in [0.5, 0.6) is 0 Å². The lowest BCUT2D eigenvalue weighted by atomic mass is 9.88. The Morgan fingerprint density at radius 3 is 2.79 bits per heavy atom. The number of amides is 1. The average Bonchev–Trinajstić information content (AvgIpc) is 3.04. The first kappa shape index (κ1) is 15.5. The lowest BCUT2D eigenvalue weighted by Gasteiger charge is -2.38. The van der Waals surface area contributed by atoms with Crippen LogP contribution in [0.25, 0.3) is 10.9 Å². The second kappa shape index (κ2) is 6.15. The zero-order valence-electron chi connectivity index (χ0n) is 13.9. The Morgan fingerprint density at radius 2 is 2.04 bits per heavy atom. The van der Waals surface area contributed by atoms with E-state index in [9.17, 15) is 4.79 Å². The van der Waals surface area contributed by atoms with Gasteiger partial charge in [0.1, 0.15) is 5.69 Å². The molecule has 126 valence electrons. The van der Waals surface area contributed by atoms with E-state index < -0.39 is 0 Å². The zero-order valence-corrected chi connectivity index (χ0v) is 13.9. The molecule has 0 bridgehead atoms. The van der Waals surface area contributed by atoms with E-state index in [4.69, 9.17) is 9.47 Å². The number of para-hydroxylation sites is 1. The van der Waals surface area contributed by atoms with Gasteiger partial charge in [-0.25, -0.2) is 4.98 Å². The molecular formula is C19H22N2O3. The number of carbonyl (C=O) groups excluding carboxylic acids is 1. The highest BCUT2D eigenvalue weighted by molar-refractivity contribution is 5.95. The Morgan fingerprint density at radius 1 is 1.25 bits per heavy atom. The van der Waals surface area contributed by atoms with Crippen LogP contribution >= 0.6 is 0 Å². The number of likely N-dealkylation sites (tertiary alicyclic amines) is 1. The van der Waals surface area contributed by atoms with Crippen molar-refractivity contribution in [3.8, 4) is 0 Å². The van der Waals surface area contributed by atoms with Crippen molar-refractivity contribution in [2.45, 2.75) is 31.0 Å². The minimum Gasteiger partial charge on any atom is -0.379 e. The number of piperidine rings is 1. The predicted octanol–water partition coefficient (Wildman–Crippen LogP) is 2.64. The normalized spacial score (nSPS) is 23.0. The quantitative estimate of drug-likeness (QED) is 0.851. The fourth-order valence-electron chi connectivity index (χ4n) is 3.77. The molecule has 0 saturated carbocycles. The van der Waals surface area contributed by atoms with Gasteiger partial charge >= 0.3 is 0 Å². The van der Waals surface area contributed by atoms with Gasteiger partial charge in [-0.15, -0.1) is 0 Å². The first-order chi connectivity index (χ1) is 11.7. The van der Waals surface area contributed by atoms with E-state index >= 15 is 0 Å². The summed E-state index contributed by atoms with van der Waals surface area (Å²) in [4.78, 5) is 19.2. The van der Waals surface area contributed by atoms with Crippen molar-refractivity contribution in [2.24, 2.45) is 0 Å². The second-order valence-electron chi connectivity index (χ2n) is 6.74. The Labute approximate surface area is 141 Å². The molecule has 1 amide bonds. The summed E-state index contributed by atoms with van der Waals surface area (Å²) in [6, 6.07) is 11.6. The molecule has 4 rings (SSSR count). The van der Waals surface area contributed by atoms with Crippen LogP contribution in [-0.4, -0.2) is 54.3 Å². The van der Waals surface area contributed by atoms with Crippen LogP contribution in [0.3, 0.4) is 0 Å². The van der Waals surface area contributed by atoms with Gasteiger partial charge in [0.05, 0.1) is 23.8 Å². The lowest BCUT2D eigenvalue weighted by molar-refractivity contribution is -0.0403. The molecule has 24 heavy (non-hydrogen) atoms. The highest BCUT2D eigenvalue weighted by Gasteiger charge is 2.43. The maximum absolute atomic E-state index is 12.8. The van der Waals surface area contributed by atoms with E-state index in [1.165, 1.54) is 0 Å². The summed E-state index contributed by atoms with van der Waals surface area (Å²) < 4.78 is 11.4. The minimum absolute atomic E-state index is 0.0110. The second-order valence-corrected chi connectivity index (χ2v) is 6.74. The number of aromatic nitrogens is 1. The van der Waals surface area contributed by atoms with E-state index in [1.54, 1.807) is 7.11 Å². The van der Waals surface area contributed by atoms with Crippen LogP contribution in [0.4, 0.5) is 0 Å². The van der Waals surface area contributed by atoms with Gasteiger partial charge in [0.2, 0.25) is 0 Å². The number of methoxy groups -OCH3 is 1. The van der Waals surface area contributed by atoms with Crippen molar-refractivity contribution in [1.29, 1.82) is 0 Å². The SMILES string of the molecule is CO[C@@H]1COC2(CCN(C(=O)c3ccc4ccccc4n3)CC2)C1. The van der Waals surface area contributed by atoms with Gasteiger partial charge in [0, 0.05) is 32.0 Å². The Kier molecular flexibility index (Phi) is 3.98. The molecule has 0 aliphatic carbocycles. The number of fused-ring (bicyclic) bond motifs is 1. The molecule has 5 nitrogen and oxygen atoms in total. The van der Waals surface area contributed by atoms with Gasteiger partial charge in [-0.2, -0.15) is 0 Å².